The Hall–Kier alpha value is -1.72. The van der Waals surface area contributed by atoms with E-state index in [1.54, 1.807) is 46.8 Å². The molecule has 0 aliphatic carbocycles. The van der Waals surface area contributed by atoms with Crippen molar-refractivity contribution in [2.24, 2.45) is 0 Å². The standard InChI is InChI=1S/C15H19BrN4O4S2/c1-8-6-10(19-14(21)24-15(3,4)5)18-11(7-8)20-26(22,23)12-9(2)17-13(16)25-12/h6-7H,1-5H3,(H2,18,19,20,21). The van der Waals surface area contributed by atoms with Crippen LogP contribution in [-0.2, 0) is 14.8 Å². The van der Waals surface area contributed by atoms with E-state index in [-0.39, 0.29) is 15.8 Å². The van der Waals surface area contributed by atoms with Gasteiger partial charge in [0.15, 0.2) is 8.13 Å². The summed E-state index contributed by atoms with van der Waals surface area (Å²) in [5.74, 6) is 0.263. The molecule has 2 rings (SSSR count). The SMILES string of the molecule is Cc1cc(NC(=O)OC(C)(C)C)nc(NS(=O)(=O)c2sc(Br)nc2C)c1. The van der Waals surface area contributed by atoms with Crippen molar-refractivity contribution >= 4 is 55.0 Å². The largest absolute Gasteiger partial charge is 0.444 e. The second kappa shape index (κ2) is 7.49. The van der Waals surface area contributed by atoms with E-state index < -0.39 is 21.7 Å². The van der Waals surface area contributed by atoms with E-state index in [0.29, 0.717) is 15.2 Å². The summed E-state index contributed by atoms with van der Waals surface area (Å²) in [7, 11) is -3.84. The fourth-order valence-electron chi connectivity index (χ4n) is 1.98. The number of rotatable bonds is 4. The highest BCUT2D eigenvalue weighted by Gasteiger charge is 2.23. The van der Waals surface area contributed by atoms with Gasteiger partial charge in [-0.25, -0.2) is 23.2 Å². The number of carbonyl (C=O) groups is 1. The summed E-state index contributed by atoms with van der Waals surface area (Å²) in [6, 6.07) is 3.17. The van der Waals surface area contributed by atoms with Gasteiger partial charge in [0.25, 0.3) is 10.0 Å². The third kappa shape index (κ3) is 5.64. The average molecular weight is 463 g/mol. The van der Waals surface area contributed by atoms with E-state index in [1.165, 1.54) is 0 Å². The number of anilines is 2. The van der Waals surface area contributed by atoms with Crippen LogP contribution >= 0.6 is 27.3 Å². The predicted octanol–water partition coefficient (Wildman–Crippen LogP) is 4.07. The second-order valence-corrected chi connectivity index (χ2v) is 10.6. The monoisotopic (exact) mass is 462 g/mol. The maximum absolute atomic E-state index is 12.6. The fourth-order valence-corrected chi connectivity index (χ4v) is 5.29. The van der Waals surface area contributed by atoms with Crippen LogP contribution < -0.4 is 10.0 Å². The van der Waals surface area contributed by atoms with Crippen LogP contribution in [0, 0.1) is 13.8 Å². The first-order chi connectivity index (χ1) is 11.9. The Morgan fingerprint density at radius 3 is 2.35 bits per heavy atom. The van der Waals surface area contributed by atoms with E-state index in [9.17, 15) is 13.2 Å². The molecule has 0 unspecified atom stereocenters. The number of thiazole rings is 1. The maximum Gasteiger partial charge on any atom is 0.413 e. The third-order valence-corrected chi connectivity index (χ3v) is 6.38. The molecule has 1 amide bonds. The van der Waals surface area contributed by atoms with Crippen molar-refractivity contribution < 1.29 is 17.9 Å². The summed E-state index contributed by atoms with van der Waals surface area (Å²) < 4.78 is 33.3. The molecular weight excluding hydrogens is 444 g/mol. The lowest BCUT2D eigenvalue weighted by atomic mass is 10.2. The Labute approximate surface area is 164 Å². The van der Waals surface area contributed by atoms with Gasteiger partial charge in [-0.05, 0) is 68.2 Å². The molecule has 0 saturated carbocycles. The highest BCUT2D eigenvalue weighted by molar-refractivity contribution is 9.11. The van der Waals surface area contributed by atoms with Gasteiger partial charge in [-0.15, -0.1) is 0 Å². The van der Waals surface area contributed by atoms with Crippen LogP contribution in [0.4, 0.5) is 16.4 Å². The van der Waals surface area contributed by atoms with Crippen LogP contribution in [0.1, 0.15) is 32.0 Å². The summed E-state index contributed by atoms with van der Waals surface area (Å²) in [6.07, 6.45) is -0.674. The summed E-state index contributed by atoms with van der Waals surface area (Å²) in [5, 5.41) is 2.50. The number of aromatic nitrogens is 2. The predicted molar refractivity (Wildman–Crippen MR) is 104 cm³/mol. The van der Waals surface area contributed by atoms with Crippen molar-refractivity contribution in [3.05, 3.63) is 27.3 Å². The highest BCUT2D eigenvalue weighted by atomic mass is 79.9. The minimum atomic E-state index is -3.84. The minimum Gasteiger partial charge on any atom is -0.444 e. The molecule has 2 heterocycles. The summed E-state index contributed by atoms with van der Waals surface area (Å²) >= 11 is 4.18. The molecular formula is C15H19BrN4O4S2. The lowest BCUT2D eigenvalue weighted by Crippen LogP contribution is -2.27. The lowest BCUT2D eigenvalue weighted by molar-refractivity contribution is 0.0635. The molecule has 0 bridgehead atoms. The number of ether oxygens (including phenoxy) is 1. The van der Waals surface area contributed by atoms with E-state index in [2.05, 4.69) is 35.9 Å². The molecule has 2 aromatic heterocycles. The van der Waals surface area contributed by atoms with Crippen molar-refractivity contribution in [2.45, 2.75) is 44.4 Å². The first-order valence-electron chi connectivity index (χ1n) is 7.50. The number of nitrogens with zero attached hydrogens (tertiary/aromatic N) is 2. The number of amides is 1. The molecule has 2 aromatic rings. The van der Waals surface area contributed by atoms with Crippen LogP contribution in [0.25, 0.3) is 0 Å². The number of halogens is 1. The van der Waals surface area contributed by atoms with Crippen molar-refractivity contribution in [2.75, 3.05) is 10.0 Å². The van der Waals surface area contributed by atoms with E-state index in [1.807, 2.05) is 0 Å². The molecule has 0 atom stereocenters. The van der Waals surface area contributed by atoms with Gasteiger partial charge >= 0.3 is 6.09 Å². The minimum absolute atomic E-state index is 0.0833. The van der Waals surface area contributed by atoms with Gasteiger partial charge in [-0.2, -0.15) is 0 Å². The number of pyridine rings is 1. The molecule has 26 heavy (non-hydrogen) atoms. The summed E-state index contributed by atoms with van der Waals surface area (Å²) in [5.41, 5.74) is 0.440. The first-order valence-corrected chi connectivity index (χ1v) is 10.6. The number of hydrogen-bond acceptors (Lipinski definition) is 7. The van der Waals surface area contributed by atoms with Crippen molar-refractivity contribution in [1.82, 2.24) is 9.97 Å². The smallest absolute Gasteiger partial charge is 0.413 e. The molecule has 0 aliphatic heterocycles. The van der Waals surface area contributed by atoms with Crippen LogP contribution in [0.3, 0.4) is 0 Å². The van der Waals surface area contributed by atoms with Crippen LogP contribution in [0.5, 0.6) is 0 Å². The van der Waals surface area contributed by atoms with Crippen molar-refractivity contribution in [3.63, 3.8) is 0 Å². The Bertz CT molecular complexity index is 936. The van der Waals surface area contributed by atoms with E-state index in [0.717, 1.165) is 11.3 Å². The van der Waals surface area contributed by atoms with Gasteiger partial charge in [-0.3, -0.25) is 10.0 Å². The Kier molecular flexibility index (Phi) is 5.93. The number of nitrogens with one attached hydrogen (secondary N) is 2. The molecule has 8 nitrogen and oxygen atoms in total. The molecule has 142 valence electrons. The zero-order chi connectivity index (χ0) is 19.7. The Morgan fingerprint density at radius 2 is 1.81 bits per heavy atom. The number of carbonyl (C=O) groups excluding carboxylic acids is 1. The van der Waals surface area contributed by atoms with E-state index in [4.69, 9.17) is 4.74 Å². The summed E-state index contributed by atoms with van der Waals surface area (Å²) in [6.45, 7) is 8.59. The third-order valence-electron chi connectivity index (χ3n) is 2.81. The van der Waals surface area contributed by atoms with Crippen LogP contribution in [0.15, 0.2) is 20.3 Å². The topological polar surface area (TPSA) is 110 Å². The van der Waals surface area contributed by atoms with Crippen molar-refractivity contribution in [1.29, 1.82) is 0 Å². The molecule has 0 aromatic carbocycles. The van der Waals surface area contributed by atoms with Gasteiger partial charge in [0.05, 0.1) is 5.69 Å². The Morgan fingerprint density at radius 1 is 1.19 bits per heavy atom. The van der Waals surface area contributed by atoms with E-state index >= 15 is 0 Å². The van der Waals surface area contributed by atoms with Crippen LogP contribution in [-0.4, -0.2) is 30.1 Å². The first kappa shape index (κ1) is 20.6. The zero-order valence-electron chi connectivity index (χ0n) is 14.9. The zero-order valence-corrected chi connectivity index (χ0v) is 18.1. The number of aryl methyl sites for hydroxylation is 2. The van der Waals surface area contributed by atoms with Gasteiger partial charge < -0.3 is 4.74 Å². The average Bonchev–Trinajstić information content (AvgIpc) is 2.74. The van der Waals surface area contributed by atoms with Gasteiger partial charge in [0.1, 0.15) is 17.2 Å². The lowest BCUT2D eigenvalue weighted by Gasteiger charge is -2.19. The highest BCUT2D eigenvalue weighted by Crippen LogP contribution is 2.28. The maximum atomic E-state index is 12.6. The quantitative estimate of drug-likeness (QED) is 0.708. The number of sulfonamides is 1. The molecule has 0 fully saturated rings. The molecule has 0 spiro atoms. The molecule has 0 aliphatic rings. The molecule has 2 N–H and O–H groups in total. The summed E-state index contributed by atoms with van der Waals surface area (Å²) in [4.78, 5) is 20.1. The van der Waals surface area contributed by atoms with Gasteiger partial charge in [0, 0.05) is 0 Å². The molecule has 0 saturated heterocycles. The van der Waals surface area contributed by atoms with Gasteiger partial charge in [-0.1, -0.05) is 11.3 Å². The number of hydrogen-bond donors (Lipinski definition) is 2. The van der Waals surface area contributed by atoms with Gasteiger partial charge in [0.2, 0.25) is 0 Å². The molecule has 11 heteroatoms. The normalized spacial score (nSPS) is 11.9. The fraction of sp³-hybridized carbons (Fsp3) is 0.400. The van der Waals surface area contributed by atoms with Crippen molar-refractivity contribution in [3.8, 4) is 0 Å². The molecule has 0 radical (unpaired) electrons. The second-order valence-electron chi connectivity index (χ2n) is 6.49. The van der Waals surface area contributed by atoms with Crippen LogP contribution in [0.2, 0.25) is 0 Å². The Balaban J connectivity index is 2.24.